The van der Waals surface area contributed by atoms with Crippen molar-refractivity contribution in [3.63, 3.8) is 0 Å². The molecule has 0 aliphatic heterocycles. The van der Waals surface area contributed by atoms with Crippen LogP contribution in [0, 0.1) is 11.3 Å². The van der Waals surface area contributed by atoms with Crippen LogP contribution in [-0.4, -0.2) is 35.5 Å². The van der Waals surface area contributed by atoms with Crippen LogP contribution >= 0.6 is 0 Å². The highest BCUT2D eigenvalue weighted by molar-refractivity contribution is 4.83. The SMILES string of the molecule is CC(C)(C)C1CCC(NCC(O)CO)CC1. The van der Waals surface area contributed by atoms with E-state index in [0.717, 1.165) is 5.92 Å². The van der Waals surface area contributed by atoms with Crippen molar-refractivity contribution in [3.05, 3.63) is 0 Å². The van der Waals surface area contributed by atoms with Crippen molar-refractivity contribution in [2.75, 3.05) is 13.2 Å². The number of hydrogen-bond acceptors (Lipinski definition) is 3. The normalized spacial score (nSPS) is 29.1. The molecule has 0 radical (unpaired) electrons. The maximum absolute atomic E-state index is 9.26. The standard InChI is InChI=1S/C13H27NO2/c1-13(2,3)10-4-6-11(7-5-10)14-8-12(16)9-15/h10-12,14-16H,4-9H2,1-3H3. The van der Waals surface area contributed by atoms with Gasteiger partial charge in [-0.2, -0.15) is 0 Å². The van der Waals surface area contributed by atoms with E-state index in [9.17, 15) is 5.11 Å². The van der Waals surface area contributed by atoms with Crippen molar-refractivity contribution in [3.8, 4) is 0 Å². The van der Waals surface area contributed by atoms with E-state index in [1.165, 1.54) is 25.7 Å². The summed E-state index contributed by atoms with van der Waals surface area (Å²) in [6, 6.07) is 0.528. The Morgan fingerprint density at radius 1 is 1.19 bits per heavy atom. The van der Waals surface area contributed by atoms with Gasteiger partial charge in [-0.3, -0.25) is 0 Å². The Bertz CT molecular complexity index is 193. The summed E-state index contributed by atoms with van der Waals surface area (Å²) in [4.78, 5) is 0. The molecule has 0 heterocycles. The first-order valence-electron chi connectivity index (χ1n) is 6.45. The minimum atomic E-state index is -0.611. The van der Waals surface area contributed by atoms with Crippen LogP contribution < -0.4 is 5.32 Å². The van der Waals surface area contributed by atoms with Crippen LogP contribution in [0.4, 0.5) is 0 Å². The van der Waals surface area contributed by atoms with Gasteiger partial charge in [0.25, 0.3) is 0 Å². The van der Waals surface area contributed by atoms with Gasteiger partial charge in [0.05, 0.1) is 12.7 Å². The van der Waals surface area contributed by atoms with Crippen LogP contribution in [-0.2, 0) is 0 Å². The second-order valence-corrected chi connectivity index (χ2v) is 6.16. The molecule has 0 aromatic rings. The highest BCUT2D eigenvalue weighted by Crippen LogP contribution is 2.37. The number of hydrogen-bond donors (Lipinski definition) is 3. The lowest BCUT2D eigenvalue weighted by molar-refractivity contribution is 0.0865. The zero-order valence-electron chi connectivity index (χ0n) is 10.9. The highest BCUT2D eigenvalue weighted by atomic mass is 16.3. The fourth-order valence-corrected chi connectivity index (χ4v) is 2.53. The summed E-state index contributed by atoms with van der Waals surface area (Å²) in [5.74, 6) is 0.827. The van der Waals surface area contributed by atoms with E-state index in [0.29, 0.717) is 18.0 Å². The van der Waals surface area contributed by atoms with Gasteiger partial charge >= 0.3 is 0 Å². The lowest BCUT2D eigenvalue weighted by atomic mass is 9.71. The van der Waals surface area contributed by atoms with Gasteiger partial charge < -0.3 is 15.5 Å². The smallest absolute Gasteiger partial charge is 0.0895 e. The van der Waals surface area contributed by atoms with E-state index in [-0.39, 0.29) is 6.61 Å². The Kier molecular flexibility index (Phi) is 5.22. The molecule has 1 fully saturated rings. The average molecular weight is 229 g/mol. The molecule has 16 heavy (non-hydrogen) atoms. The predicted octanol–water partition coefficient (Wildman–Crippen LogP) is 1.53. The number of aliphatic hydroxyl groups excluding tert-OH is 2. The van der Waals surface area contributed by atoms with Crippen molar-refractivity contribution in [2.45, 2.75) is 58.6 Å². The molecule has 1 rings (SSSR count). The molecule has 96 valence electrons. The average Bonchev–Trinajstić information content (AvgIpc) is 2.25. The third kappa shape index (κ3) is 4.40. The molecule has 3 N–H and O–H groups in total. The van der Waals surface area contributed by atoms with Gasteiger partial charge in [-0.05, 0) is 37.0 Å². The third-order valence-corrected chi connectivity index (χ3v) is 3.80. The fourth-order valence-electron chi connectivity index (χ4n) is 2.53. The minimum Gasteiger partial charge on any atom is -0.394 e. The molecule has 1 aliphatic rings. The minimum absolute atomic E-state index is 0.148. The predicted molar refractivity (Wildman–Crippen MR) is 66.3 cm³/mol. The van der Waals surface area contributed by atoms with Crippen LogP contribution in [0.3, 0.4) is 0 Å². The van der Waals surface area contributed by atoms with Gasteiger partial charge in [0.2, 0.25) is 0 Å². The van der Waals surface area contributed by atoms with Gasteiger partial charge in [-0.25, -0.2) is 0 Å². The molecule has 0 aromatic carbocycles. The second kappa shape index (κ2) is 5.99. The molecule has 1 unspecified atom stereocenters. The monoisotopic (exact) mass is 229 g/mol. The summed E-state index contributed by atoms with van der Waals surface area (Å²) < 4.78 is 0. The molecule has 0 spiro atoms. The van der Waals surface area contributed by atoms with Crippen molar-refractivity contribution < 1.29 is 10.2 Å². The van der Waals surface area contributed by atoms with Crippen molar-refractivity contribution in [1.29, 1.82) is 0 Å². The first-order chi connectivity index (χ1) is 7.43. The first-order valence-corrected chi connectivity index (χ1v) is 6.45. The van der Waals surface area contributed by atoms with Crippen LogP contribution in [0.1, 0.15) is 46.5 Å². The number of rotatable bonds is 4. The third-order valence-electron chi connectivity index (χ3n) is 3.80. The lowest BCUT2D eigenvalue weighted by Crippen LogP contribution is -2.40. The van der Waals surface area contributed by atoms with E-state index in [4.69, 9.17) is 5.11 Å². The molecule has 0 bridgehead atoms. The van der Waals surface area contributed by atoms with Gasteiger partial charge in [0.15, 0.2) is 0 Å². The molecule has 3 heteroatoms. The molecule has 3 nitrogen and oxygen atoms in total. The Morgan fingerprint density at radius 3 is 2.19 bits per heavy atom. The molecule has 0 saturated heterocycles. The Morgan fingerprint density at radius 2 is 1.75 bits per heavy atom. The van der Waals surface area contributed by atoms with E-state index >= 15 is 0 Å². The second-order valence-electron chi connectivity index (χ2n) is 6.16. The fraction of sp³-hybridized carbons (Fsp3) is 1.00. The largest absolute Gasteiger partial charge is 0.394 e. The van der Waals surface area contributed by atoms with E-state index in [1.807, 2.05) is 0 Å². The van der Waals surface area contributed by atoms with Crippen LogP contribution in [0.2, 0.25) is 0 Å². The zero-order valence-corrected chi connectivity index (χ0v) is 10.9. The van der Waals surface area contributed by atoms with Crippen LogP contribution in [0.25, 0.3) is 0 Å². The summed E-state index contributed by atoms with van der Waals surface area (Å²) in [5.41, 5.74) is 0.426. The molecule has 1 atom stereocenters. The maximum Gasteiger partial charge on any atom is 0.0895 e. The lowest BCUT2D eigenvalue weighted by Gasteiger charge is -2.37. The Balaban J connectivity index is 2.22. The summed E-state index contributed by atoms with van der Waals surface area (Å²) in [6.45, 7) is 7.33. The summed E-state index contributed by atoms with van der Waals surface area (Å²) >= 11 is 0. The molecular formula is C13H27NO2. The molecule has 0 amide bonds. The molecule has 1 saturated carbocycles. The number of nitrogens with one attached hydrogen (secondary N) is 1. The topological polar surface area (TPSA) is 52.5 Å². The van der Waals surface area contributed by atoms with E-state index in [2.05, 4.69) is 26.1 Å². The first kappa shape index (κ1) is 13.9. The van der Waals surface area contributed by atoms with Crippen molar-refractivity contribution in [2.24, 2.45) is 11.3 Å². The van der Waals surface area contributed by atoms with Crippen molar-refractivity contribution in [1.82, 2.24) is 5.32 Å². The number of aliphatic hydroxyl groups is 2. The van der Waals surface area contributed by atoms with E-state index < -0.39 is 6.10 Å². The zero-order chi connectivity index (χ0) is 12.2. The summed E-state index contributed by atoms with van der Waals surface area (Å²) in [6.07, 6.45) is 4.33. The van der Waals surface area contributed by atoms with Crippen LogP contribution in [0.5, 0.6) is 0 Å². The quantitative estimate of drug-likeness (QED) is 0.685. The van der Waals surface area contributed by atoms with Crippen LogP contribution in [0.15, 0.2) is 0 Å². The molecule has 0 aromatic heterocycles. The van der Waals surface area contributed by atoms with Gasteiger partial charge in [-0.1, -0.05) is 20.8 Å². The van der Waals surface area contributed by atoms with Gasteiger partial charge in [0, 0.05) is 12.6 Å². The van der Waals surface area contributed by atoms with Gasteiger partial charge in [0.1, 0.15) is 0 Å². The van der Waals surface area contributed by atoms with Crippen molar-refractivity contribution >= 4 is 0 Å². The summed E-state index contributed by atoms with van der Waals surface area (Å²) in [5, 5.41) is 21.3. The van der Waals surface area contributed by atoms with E-state index in [1.54, 1.807) is 0 Å². The summed E-state index contributed by atoms with van der Waals surface area (Å²) in [7, 11) is 0. The maximum atomic E-state index is 9.26. The highest BCUT2D eigenvalue weighted by Gasteiger charge is 2.29. The molecular weight excluding hydrogens is 202 g/mol. The molecule has 1 aliphatic carbocycles. The Hall–Kier alpha value is -0.120. The Labute approximate surface area is 99.3 Å². The van der Waals surface area contributed by atoms with Gasteiger partial charge in [-0.15, -0.1) is 0 Å².